The van der Waals surface area contributed by atoms with Crippen LogP contribution in [0.15, 0.2) is 18.2 Å². The molecule has 0 bridgehead atoms. The lowest BCUT2D eigenvalue weighted by Crippen LogP contribution is -2.44. The van der Waals surface area contributed by atoms with Crippen molar-refractivity contribution in [3.63, 3.8) is 0 Å². The predicted octanol–water partition coefficient (Wildman–Crippen LogP) is 2.63. The zero-order chi connectivity index (χ0) is 12.9. The van der Waals surface area contributed by atoms with Crippen LogP contribution in [0.2, 0.25) is 0 Å². The third-order valence-corrected chi connectivity index (χ3v) is 3.24. The summed E-state index contributed by atoms with van der Waals surface area (Å²) in [6, 6.07) is 6.32. The summed E-state index contributed by atoms with van der Waals surface area (Å²) in [6.07, 6.45) is 1.64. The van der Waals surface area contributed by atoms with Gasteiger partial charge in [0.2, 0.25) is 0 Å². The summed E-state index contributed by atoms with van der Waals surface area (Å²) in [5.41, 5.74) is 6.18. The molecule has 0 aromatic heterocycles. The molecule has 3 nitrogen and oxygen atoms in total. The average Bonchev–Trinajstić information content (AvgIpc) is 2.38. The maximum atomic E-state index is 13.7. The van der Waals surface area contributed by atoms with Crippen LogP contribution in [-0.2, 0) is 0 Å². The van der Waals surface area contributed by atoms with Crippen molar-refractivity contribution in [2.75, 3.05) is 11.9 Å². The number of nitrogens with two attached hydrogens (primary N) is 1. The largest absolute Gasteiger partial charge is 0.376 e. The summed E-state index contributed by atoms with van der Waals surface area (Å²) >= 11 is 0. The number of nitrogens with zero attached hydrogens (tertiary/aromatic N) is 1. The van der Waals surface area contributed by atoms with E-state index in [4.69, 9.17) is 11.0 Å². The second kappa shape index (κ2) is 5.65. The van der Waals surface area contributed by atoms with E-state index in [-0.39, 0.29) is 5.54 Å². The molecule has 1 aromatic carbocycles. The van der Waals surface area contributed by atoms with Crippen LogP contribution in [0.5, 0.6) is 0 Å². The SMILES string of the molecule is CCC(CC)(CN)Nc1ccc(C#N)cc1F. The van der Waals surface area contributed by atoms with Gasteiger partial charge in [-0.25, -0.2) is 4.39 Å². The first-order valence-corrected chi connectivity index (χ1v) is 5.78. The van der Waals surface area contributed by atoms with Crippen molar-refractivity contribution in [1.29, 1.82) is 5.26 Å². The number of anilines is 1. The molecule has 4 heteroatoms. The lowest BCUT2D eigenvalue weighted by atomic mass is 9.92. The number of nitriles is 1. The molecular formula is C13H18FN3. The monoisotopic (exact) mass is 235 g/mol. The fourth-order valence-corrected chi connectivity index (χ4v) is 1.74. The van der Waals surface area contributed by atoms with E-state index in [2.05, 4.69) is 5.32 Å². The van der Waals surface area contributed by atoms with E-state index in [1.165, 1.54) is 6.07 Å². The quantitative estimate of drug-likeness (QED) is 0.824. The molecule has 0 heterocycles. The van der Waals surface area contributed by atoms with Gasteiger partial charge in [-0.2, -0.15) is 5.26 Å². The zero-order valence-corrected chi connectivity index (χ0v) is 10.3. The van der Waals surface area contributed by atoms with Gasteiger partial charge in [-0.1, -0.05) is 13.8 Å². The first-order chi connectivity index (χ1) is 8.10. The number of hydrogen-bond donors (Lipinski definition) is 2. The molecule has 92 valence electrons. The van der Waals surface area contributed by atoms with Crippen LogP contribution in [0.25, 0.3) is 0 Å². The normalized spacial score (nSPS) is 11.0. The third kappa shape index (κ3) is 2.95. The third-order valence-electron chi connectivity index (χ3n) is 3.24. The van der Waals surface area contributed by atoms with Gasteiger partial charge < -0.3 is 11.1 Å². The van der Waals surface area contributed by atoms with Gasteiger partial charge >= 0.3 is 0 Å². The number of rotatable bonds is 5. The molecule has 0 unspecified atom stereocenters. The van der Waals surface area contributed by atoms with E-state index in [0.717, 1.165) is 12.8 Å². The molecular weight excluding hydrogens is 217 g/mol. The Morgan fingerprint density at radius 1 is 1.41 bits per heavy atom. The first kappa shape index (κ1) is 13.5. The summed E-state index contributed by atoms with van der Waals surface area (Å²) < 4.78 is 13.7. The first-order valence-electron chi connectivity index (χ1n) is 5.78. The van der Waals surface area contributed by atoms with Crippen molar-refractivity contribution >= 4 is 5.69 Å². The second-order valence-corrected chi connectivity index (χ2v) is 4.12. The standard InChI is InChI=1S/C13H18FN3/c1-3-13(4-2,9-16)17-12-6-5-10(8-15)7-11(12)14/h5-7,17H,3-4,9,16H2,1-2H3. The molecule has 0 aliphatic carbocycles. The van der Waals surface area contributed by atoms with E-state index in [9.17, 15) is 4.39 Å². The van der Waals surface area contributed by atoms with Crippen LogP contribution in [0, 0.1) is 17.1 Å². The van der Waals surface area contributed by atoms with Gasteiger partial charge in [0.1, 0.15) is 5.82 Å². The summed E-state index contributed by atoms with van der Waals surface area (Å²) in [5.74, 6) is -0.413. The zero-order valence-electron chi connectivity index (χ0n) is 10.3. The number of halogens is 1. The lowest BCUT2D eigenvalue weighted by molar-refractivity contribution is 0.442. The second-order valence-electron chi connectivity index (χ2n) is 4.12. The van der Waals surface area contributed by atoms with Gasteiger partial charge in [0.05, 0.1) is 17.3 Å². The molecule has 0 amide bonds. The Kier molecular flexibility index (Phi) is 4.47. The van der Waals surface area contributed by atoms with Crippen LogP contribution in [-0.4, -0.2) is 12.1 Å². The van der Waals surface area contributed by atoms with Gasteiger partial charge in [0.15, 0.2) is 0 Å². The molecule has 0 aliphatic heterocycles. The van der Waals surface area contributed by atoms with Gasteiger partial charge in [-0.15, -0.1) is 0 Å². The lowest BCUT2D eigenvalue weighted by Gasteiger charge is -2.32. The van der Waals surface area contributed by atoms with E-state index >= 15 is 0 Å². The van der Waals surface area contributed by atoms with Crippen LogP contribution in [0.4, 0.5) is 10.1 Å². The highest BCUT2D eigenvalue weighted by Gasteiger charge is 2.24. The molecule has 0 spiro atoms. The van der Waals surface area contributed by atoms with Crippen molar-refractivity contribution in [2.24, 2.45) is 5.73 Å². The van der Waals surface area contributed by atoms with Crippen LogP contribution >= 0.6 is 0 Å². The minimum Gasteiger partial charge on any atom is -0.376 e. The Labute approximate surface area is 101 Å². The van der Waals surface area contributed by atoms with E-state index in [0.29, 0.717) is 17.8 Å². The maximum absolute atomic E-state index is 13.7. The smallest absolute Gasteiger partial charge is 0.147 e. The summed E-state index contributed by atoms with van der Waals surface area (Å²) in [6.45, 7) is 4.48. The Bertz CT molecular complexity index is 411. The van der Waals surface area contributed by atoms with E-state index < -0.39 is 5.82 Å². The van der Waals surface area contributed by atoms with Crippen LogP contribution in [0.3, 0.4) is 0 Å². The molecule has 0 saturated heterocycles. The average molecular weight is 235 g/mol. The summed E-state index contributed by atoms with van der Waals surface area (Å²) in [4.78, 5) is 0. The van der Waals surface area contributed by atoms with Crippen molar-refractivity contribution in [1.82, 2.24) is 0 Å². The minimum atomic E-state index is -0.413. The molecule has 17 heavy (non-hydrogen) atoms. The van der Waals surface area contributed by atoms with Crippen molar-refractivity contribution in [3.8, 4) is 6.07 Å². The molecule has 0 fully saturated rings. The molecule has 1 aromatic rings. The Hall–Kier alpha value is -1.60. The molecule has 0 radical (unpaired) electrons. The Balaban J connectivity index is 2.99. The highest BCUT2D eigenvalue weighted by molar-refractivity contribution is 5.50. The molecule has 0 aliphatic rings. The Morgan fingerprint density at radius 3 is 2.47 bits per heavy atom. The topological polar surface area (TPSA) is 61.8 Å². The number of benzene rings is 1. The highest BCUT2D eigenvalue weighted by atomic mass is 19.1. The predicted molar refractivity (Wildman–Crippen MR) is 67.1 cm³/mol. The summed E-state index contributed by atoms with van der Waals surface area (Å²) in [5, 5.41) is 11.8. The van der Waals surface area contributed by atoms with Gasteiger partial charge in [-0.05, 0) is 31.0 Å². The molecule has 3 N–H and O–H groups in total. The van der Waals surface area contributed by atoms with Crippen molar-refractivity contribution in [3.05, 3.63) is 29.6 Å². The van der Waals surface area contributed by atoms with Crippen molar-refractivity contribution < 1.29 is 4.39 Å². The minimum absolute atomic E-state index is 0.283. The van der Waals surface area contributed by atoms with Gasteiger partial charge in [-0.3, -0.25) is 0 Å². The molecule has 0 saturated carbocycles. The van der Waals surface area contributed by atoms with Crippen LogP contribution < -0.4 is 11.1 Å². The van der Waals surface area contributed by atoms with Crippen LogP contribution in [0.1, 0.15) is 32.3 Å². The number of hydrogen-bond acceptors (Lipinski definition) is 3. The van der Waals surface area contributed by atoms with Crippen molar-refractivity contribution in [2.45, 2.75) is 32.2 Å². The molecule has 0 atom stereocenters. The maximum Gasteiger partial charge on any atom is 0.147 e. The fraction of sp³-hybridized carbons (Fsp3) is 0.462. The summed E-state index contributed by atoms with van der Waals surface area (Å²) in [7, 11) is 0. The van der Waals surface area contributed by atoms with Gasteiger partial charge in [0.25, 0.3) is 0 Å². The van der Waals surface area contributed by atoms with E-state index in [1.54, 1.807) is 12.1 Å². The fourth-order valence-electron chi connectivity index (χ4n) is 1.74. The Morgan fingerprint density at radius 2 is 2.06 bits per heavy atom. The van der Waals surface area contributed by atoms with Gasteiger partial charge in [0, 0.05) is 12.1 Å². The number of nitrogens with one attached hydrogen (secondary N) is 1. The van der Waals surface area contributed by atoms with E-state index in [1.807, 2.05) is 19.9 Å². The molecule has 1 rings (SSSR count). The highest BCUT2D eigenvalue weighted by Crippen LogP contribution is 2.24.